The maximum absolute atomic E-state index is 14.1. The molecule has 0 radical (unpaired) electrons. The van der Waals surface area contributed by atoms with Crippen molar-refractivity contribution in [3.63, 3.8) is 0 Å². The van der Waals surface area contributed by atoms with Gasteiger partial charge in [0.05, 0.1) is 11.6 Å². The van der Waals surface area contributed by atoms with Crippen LogP contribution in [0.2, 0.25) is 0 Å². The van der Waals surface area contributed by atoms with Crippen LogP contribution < -0.4 is 5.56 Å². The highest BCUT2D eigenvalue weighted by molar-refractivity contribution is 5.83. The molecule has 1 aromatic heterocycles. The first kappa shape index (κ1) is 22.1. The van der Waals surface area contributed by atoms with Crippen molar-refractivity contribution in [2.24, 2.45) is 5.92 Å². The van der Waals surface area contributed by atoms with E-state index in [-0.39, 0.29) is 29.2 Å². The number of carbonyl (C=O) groups is 1. The van der Waals surface area contributed by atoms with Crippen LogP contribution in [0.15, 0.2) is 59.5 Å². The molecule has 0 saturated carbocycles. The van der Waals surface area contributed by atoms with Crippen molar-refractivity contribution in [1.82, 2.24) is 19.6 Å². The highest BCUT2D eigenvalue weighted by Crippen LogP contribution is 2.23. The molecule has 1 aliphatic rings. The summed E-state index contributed by atoms with van der Waals surface area (Å²) >= 11 is 0. The monoisotopic (exact) mass is 436 g/mol. The van der Waals surface area contributed by atoms with Crippen LogP contribution in [0.4, 0.5) is 4.39 Å². The lowest BCUT2D eigenvalue weighted by Gasteiger charge is -2.44. The van der Waals surface area contributed by atoms with Crippen LogP contribution in [0.25, 0.3) is 10.8 Å². The van der Waals surface area contributed by atoms with Gasteiger partial charge in [-0.2, -0.15) is 5.10 Å². The predicted molar refractivity (Wildman–Crippen MR) is 123 cm³/mol. The molecule has 0 spiro atoms. The van der Waals surface area contributed by atoms with Crippen LogP contribution in [-0.2, 0) is 11.3 Å². The molecule has 2 atom stereocenters. The van der Waals surface area contributed by atoms with Gasteiger partial charge in [-0.05, 0) is 25.0 Å². The first-order chi connectivity index (χ1) is 15.4. The number of nitrogens with zero attached hydrogens (tertiary/aromatic N) is 4. The number of rotatable bonds is 5. The van der Waals surface area contributed by atoms with E-state index in [9.17, 15) is 14.0 Å². The molecule has 0 N–H and O–H groups in total. The van der Waals surface area contributed by atoms with Crippen LogP contribution in [0, 0.1) is 11.7 Å². The van der Waals surface area contributed by atoms with Gasteiger partial charge in [0.2, 0.25) is 5.91 Å². The molecule has 1 fully saturated rings. The summed E-state index contributed by atoms with van der Waals surface area (Å²) in [5.74, 6) is -0.0996. The fourth-order valence-electron chi connectivity index (χ4n) is 4.45. The molecule has 2 heterocycles. The lowest BCUT2D eigenvalue weighted by Crippen LogP contribution is -2.58. The largest absolute Gasteiger partial charge is 0.335 e. The van der Waals surface area contributed by atoms with E-state index in [0.29, 0.717) is 37.1 Å². The quantitative estimate of drug-likeness (QED) is 0.615. The Kier molecular flexibility index (Phi) is 6.37. The number of fused-ring (bicyclic) bond motifs is 1. The van der Waals surface area contributed by atoms with Gasteiger partial charge in [0.15, 0.2) is 0 Å². The van der Waals surface area contributed by atoms with E-state index in [4.69, 9.17) is 0 Å². The number of hydrogen-bond acceptors (Lipinski definition) is 4. The van der Waals surface area contributed by atoms with Crippen molar-refractivity contribution >= 4 is 16.7 Å². The van der Waals surface area contributed by atoms with E-state index >= 15 is 0 Å². The number of hydrogen-bond donors (Lipinski definition) is 0. The number of halogens is 1. The summed E-state index contributed by atoms with van der Waals surface area (Å²) in [6.07, 6.45) is 1.63. The van der Waals surface area contributed by atoms with E-state index < -0.39 is 6.04 Å². The standard InChI is InChI=1S/C25H29FN4O2/c1-17(2)23-16-28(15-20-9-5-7-11-22(20)26)12-13-29(23)24(31)18(3)30-25(32)21-10-6-4-8-19(21)14-27-30/h4-11,14,17-18,23H,12-13,15-16H2,1-3H3/t18?,23-/m1/s1. The Balaban J connectivity index is 1.54. The molecule has 1 saturated heterocycles. The van der Waals surface area contributed by atoms with Crippen LogP contribution in [-0.4, -0.2) is 51.2 Å². The van der Waals surface area contributed by atoms with E-state index in [1.54, 1.807) is 31.3 Å². The lowest BCUT2D eigenvalue weighted by molar-refractivity contribution is -0.141. The average Bonchev–Trinajstić information content (AvgIpc) is 2.80. The molecule has 1 unspecified atom stereocenters. The van der Waals surface area contributed by atoms with Crippen molar-refractivity contribution < 1.29 is 9.18 Å². The second-order valence-corrected chi connectivity index (χ2v) is 8.83. The van der Waals surface area contributed by atoms with Crippen molar-refractivity contribution in [3.05, 3.63) is 76.5 Å². The Morgan fingerprint density at radius 3 is 2.56 bits per heavy atom. The smallest absolute Gasteiger partial charge is 0.275 e. The molecule has 1 amide bonds. The number of amides is 1. The van der Waals surface area contributed by atoms with Crippen molar-refractivity contribution in [2.45, 2.75) is 39.4 Å². The molecule has 2 aromatic carbocycles. The van der Waals surface area contributed by atoms with Gasteiger partial charge in [-0.3, -0.25) is 14.5 Å². The summed E-state index contributed by atoms with van der Waals surface area (Å²) in [4.78, 5) is 30.5. The number of aromatic nitrogens is 2. The summed E-state index contributed by atoms with van der Waals surface area (Å²) in [5.41, 5.74) is 0.401. The Morgan fingerprint density at radius 1 is 1.09 bits per heavy atom. The Hall–Kier alpha value is -3.06. The highest BCUT2D eigenvalue weighted by atomic mass is 19.1. The Labute approximate surface area is 187 Å². The second-order valence-electron chi connectivity index (χ2n) is 8.83. The summed E-state index contributed by atoms with van der Waals surface area (Å²) in [6.45, 7) is 8.25. The van der Waals surface area contributed by atoms with Gasteiger partial charge >= 0.3 is 0 Å². The minimum absolute atomic E-state index is 0.0263. The van der Waals surface area contributed by atoms with Crippen LogP contribution in [0.1, 0.15) is 32.4 Å². The van der Waals surface area contributed by atoms with Crippen molar-refractivity contribution in [1.29, 1.82) is 0 Å². The third-order valence-corrected chi connectivity index (χ3v) is 6.35. The average molecular weight is 437 g/mol. The Bertz CT molecular complexity index is 1180. The molecule has 0 bridgehead atoms. The highest BCUT2D eigenvalue weighted by Gasteiger charge is 2.35. The summed E-state index contributed by atoms with van der Waals surface area (Å²) in [6, 6.07) is 13.3. The Morgan fingerprint density at radius 2 is 1.81 bits per heavy atom. The number of piperazine rings is 1. The SMILES string of the molecule is CC(C)[C@H]1CN(Cc2ccccc2F)CCN1C(=O)C(C)n1ncc2ccccc2c1=O. The molecule has 32 heavy (non-hydrogen) atoms. The van der Waals surface area contributed by atoms with Crippen molar-refractivity contribution in [2.75, 3.05) is 19.6 Å². The van der Waals surface area contributed by atoms with Gasteiger partial charge in [-0.25, -0.2) is 9.07 Å². The van der Waals surface area contributed by atoms with Gasteiger partial charge in [0.1, 0.15) is 11.9 Å². The van der Waals surface area contributed by atoms with Gasteiger partial charge in [-0.1, -0.05) is 50.2 Å². The van der Waals surface area contributed by atoms with Crippen LogP contribution in [0.5, 0.6) is 0 Å². The fourth-order valence-corrected chi connectivity index (χ4v) is 4.45. The zero-order valence-electron chi connectivity index (χ0n) is 18.7. The minimum Gasteiger partial charge on any atom is -0.335 e. The third-order valence-electron chi connectivity index (χ3n) is 6.35. The summed E-state index contributed by atoms with van der Waals surface area (Å²) in [5, 5.41) is 5.59. The molecular weight excluding hydrogens is 407 g/mol. The van der Waals surface area contributed by atoms with Crippen molar-refractivity contribution in [3.8, 4) is 0 Å². The van der Waals surface area contributed by atoms with E-state index in [2.05, 4.69) is 23.8 Å². The molecule has 3 aromatic rings. The van der Waals surface area contributed by atoms with Crippen LogP contribution in [0.3, 0.4) is 0 Å². The zero-order valence-corrected chi connectivity index (χ0v) is 18.7. The summed E-state index contributed by atoms with van der Waals surface area (Å²) in [7, 11) is 0. The lowest BCUT2D eigenvalue weighted by atomic mass is 9.98. The van der Waals surface area contributed by atoms with E-state index in [1.807, 2.05) is 29.2 Å². The van der Waals surface area contributed by atoms with Gasteiger partial charge in [0, 0.05) is 43.2 Å². The first-order valence-electron chi connectivity index (χ1n) is 11.1. The number of carbonyl (C=O) groups excluding carboxylic acids is 1. The number of benzene rings is 2. The van der Waals surface area contributed by atoms with Crippen LogP contribution >= 0.6 is 0 Å². The molecule has 4 rings (SSSR count). The maximum atomic E-state index is 14.1. The summed E-state index contributed by atoms with van der Waals surface area (Å²) < 4.78 is 15.4. The van der Waals surface area contributed by atoms with E-state index in [0.717, 1.165) is 5.39 Å². The minimum atomic E-state index is -0.702. The molecule has 0 aliphatic carbocycles. The van der Waals surface area contributed by atoms with E-state index in [1.165, 1.54) is 10.7 Å². The molecule has 1 aliphatic heterocycles. The zero-order chi connectivity index (χ0) is 22.8. The maximum Gasteiger partial charge on any atom is 0.275 e. The van der Waals surface area contributed by atoms with Gasteiger partial charge < -0.3 is 4.90 Å². The third kappa shape index (κ3) is 4.30. The normalized spacial score (nSPS) is 18.3. The second kappa shape index (κ2) is 9.20. The first-order valence-corrected chi connectivity index (χ1v) is 11.1. The van der Waals surface area contributed by atoms with Gasteiger partial charge in [-0.15, -0.1) is 0 Å². The fraction of sp³-hybridized carbons (Fsp3) is 0.400. The topological polar surface area (TPSA) is 58.4 Å². The molecule has 6 nitrogen and oxygen atoms in total. The molecule has 168 valence electrons. The van der Waals surface area contributed by atoms with Gasteiger partial charge in [0.25, 0.3) is 5.56 Å². The predicted octanol–water partition coefficient (Wildman–Crippen LogP) is 3.47. The molecular formula is C25H29FN4O2. The molecule has 7 heteroatoms.